The van der Waals surface area contributed by atoms with E-state index in [2.05, 4.69) is 32.9 Å². The predicted octanol–water partition coefficient (Wildman–Crippen LogP) is 3.18. The lowest BCUT2D eigenvalue weighted by atomic mass is 10.2. The average molecular weight is 310 g/mol. The van der Waals surface area contributed by atoms with Crippen LogP contribution in [0.5, 0.6) is 0 Å². The highest BCUT2D eigenvalue weighted by Crippen LogP contribution is 2.15. The van der Waals surface area contributed by atoms with Crippen LogP contribution in [0.1, 0.15) is 11.1 Å². The van der Waals surface area contributed by atoms with Crippen LogP contribution in [0, 0.1) is 5.82 Å². The van der Waals surface area contributed by atoms with Crippen LogP contribution < -0.4 is 5.32 Å². The van der Waals surface area contributed by atoms with E-state index in [1.54, 1.807) is 29.2 Å². The first kappa shape index (κ1) is 13.0. The van der Waals surface area contributed by atoms with Crippen molar-refractivity contribution in [2.24, 2.45) is 0 Å². The Hall–Kier alpha value is -1.46. The summed E-state index contributed by atoms with van der Waals surface area (Å²) in [6.07, 6.45) is 5.25. The molecule has 1 N–H and O–H groups in total. The van der Waals surface area contributed by atoms with Gasteiger partial charge in [-0.3, -0.25) is 0 Å². The van der Waals surface area contributed by atoms with Crippen LogP contribution in [0.3, 0.4) is 0 Å². The van der Waals surface area contributed by atoms with Crippen molar-refractivity contribution in [1.82, 2.24) is 15.1 Å². The van der Waals surface area contributed by atoms with E-state index in [1.165, 1.54) is 6.07 Å². The second kappa shape index (κ2) is 5.93. The van der Waals surface area contributed by atoms with E-state index in [1.807, 2.05) is 6.20 Å². The standard InChI is InChI=1S/C13H13BrFN3/c1-2-18-9-10(7-17-18)6-16-8-11-5-12(14)3-4-13(11)15/h2-5,7,9,16H,1,6,8H2. The van der Waals surface area contributed by atoms with Crippen molar-refractivity contribution >= 4 is 22.1 Å². The molecule has 0 aliphatic heterocycles. The Bertz CT molecular complexity index is 551. The zero-order valence-electron chi connectivity index (χ0n) is 9.74. The number of nitrogens with zero attached hydrogens (tertiary/aromatic N) is 2. The van der Waals surface area contributed by atoms with Crippen molar-refractivity contribution in [2.45, 2.75) is 13.1 Å². The van der Waals surface area contributed by atoms with Gasteiger partial charge in [0.15, 0.2) is 0 Å². The van der Waals surface area contributed by atoms with Crippen molar-refractivity contribution in [2.75, 3.05) is 0 Å². The monoisotopic (exact) mass is 309 g/mol. The van der Waals surface area contributed by atoms with Gasteiger partial charge in [0.1, 0.15) is 5.82 Å². The molecule has 0 bridgehead atoms. The van der Waals surface area contributed by atoms with Crippen molar-refractivity contribution in [3.8, 4) is 0 Å². The highest BCUT2D eigenvalue weighted by atomic mass is 79.9. The summed E-state index contributed by atoms with van der Waals surface area (Å²) in [5.41, 5.74) is 1.67. The molecule has 0 aliphatic rings. The fourth-order valence-electron chi connectivity index (χ4n) is 1.59. The number of aromatic nitrogens is 2. The molecule has 1 heterocycles. The highest BCUT2D eigenvalue weighted by molar-refractivity contribution is 9.10. The predicted molar refractivity (Wildman–Crippen MR) is 73.3 cm³/mol. The Kier molecular flexibility index (Phi) is 4.28. The van der Waals surface area contributed by atoms with Gasteiger partial charge in [-0.1, -0.05) is 22.5 Å². The number of hydrogen-bond acceptors (Lipinski definition) is 2. The maximum absolute atomic E-state index is 13.5. The molecular weight excluding hydrogens is 297 g/mol. The summed E-state index contributed by atoms with van der Waals surface area (Å²) in [5.74, 6) is -0.201. The number of hydrogen-bond donors (Lipinski definition) is 1. The maximum atomic E-state index is 13.5. The van der Waals surface area contributed by atoms with E-state index in [0.29, 0.717) is 18.7 Å². The van der Waals surface area contributed by atoms with Gasteiger partial charge in [0.05, 0.1) is 6.20 Å². The Morgan fingerprint density at radius 3 is 3.00 bits per heavy atom. The van der Waals surface area contributed by atoms with E-state index in [-0.39, 0.29) is 5.82 Å². The SMILES string of the molecule is C=Cn1cc(CNCc2cc(Br)ccc2F)cn1. The van der Waals surface area contributed by atoms with E-state index in [4.69, 9.17) is 0 Å². The summed E-state index contributed by atoms with van der Waals surface area (Å²) in [7, 11) is 0. The van der Waals surface area contributed by atoms with Gasteiger partial charge in [0.2, 0.25) is 0 Å². The topological polar surface area (TPSA) is 29.9 Å². The molecule has 94 valence electrons. The minimum absolute atomic E-state index is 0.201. The van der Waals surface area contributed by atoms with Gasteiger partial charge >= 0.3 is 0 Å². The van der Waals surface area contributed by atoms with Crippen LogP contribution in [0.2, 0.25) is 0 Å². The van der Waals surface area contributed by atoms with Crippen molar-refractivity contribution < 1.29 is 4.39 Å². The zero-order chi connectivity index (χ0) is 13.0. The van der Waals surface area contributed by atoms with E-state index in [9.17, 15) is 4.39 Å². The van der Waals surface area contributed by atoms with E-state index >= 15 is 0 Å². The minimum Gasteiger partial charge on any atom is -0.308 e. The quantitative estimate of drug-likeness (QED) is 0.919. The first-order chi connectivity index (χ1) is 8.69. The summed E-state index contributed by atoms with van der Waals surface area (Å²) in [6, 6.07) is 4.92. The van der Waals surface area contributed by atoms with Crippen molar-refractivity contribution in [3.63, 3.8) is 0 Å². The molecule has 0 fully saturated rings. The number of rotatable bonds is 5. The van der Waals surface area contributed by atoms with E-state index < -0.39 is 0 Å². The van der Waals surface area contributed by atoms with Gasteiger partial charge in [-0.05, 0) is 18.2 Å². The highest BCUT2D eigenvalue weighted by Gasteiger charge is 2.03. The first-order valence-electron chi connectivity index (χ1n) is 5.49. The van der Waals surface area contributed by atoms with Crippen molar-refractivity contribution in [3.05, 3.63) is 58.6 Å². The molecule has 3 nitrogen and oxygen atoms in total. The Morgan fingerprint density at radius 1 is 1.44 bits per heavy atom. The molecule has 5 heteroatoms. The van der Waals surface area contributed by atoms with Crippen LogP contribution >= 0.6 is 15.9 Å². The zero-order valence-corrected chi connectivity index (χ0v) is 11.3. The Morgan fingerprint density at radius 2 is 2.28 bits per heavy atom. The van der Waals surface area contributed by atoms with Crippen LogP contribution in [0.25, 0.3) is 6.20 Å². The second-order valence-corrected chi connectivity index (χ2v) is 4.77. The van der Waals surface area contributed by atoms with Gasteiger partial charge in [-0.15, -0.1) is 0 Å². The minimum atomic E-state index is -0.201. The molecule has 0 unspecified atom stereocenters. The van der Waals surface area contributed by atoms with Crippen LogP contribution in [-0.2, 0) is 13.1 Å². The molecule has 0 saturated heterocycles. The molecule has 0 amide bonds. The molecular formula is C13H13BrFN3. The number of benzene rings is 1. The number of nitrogens with one attached hydrogen (secondary N) is 1. The molecule has 18 heavy (non-hydrogen) atoms. The second-order valence-electron chi connectivity index (χ2n) is 3.85. The van der Waals surface area contributed by atoms with E-state index in [0.717, 1.165) is 10.0 Å². The first-order valence-corrected chi connectivity index (χ1v) is 6.28. The fraction of sp³-hybridized carbons (Fsp3) is 0.154. The van der Waals surface area contributed by atoms with Gasteiger partial charge in [-0.25, -0.2) is 9.07 Å². The lowest BCUT2D eigenvalue weighted by Crippen LogP contribution is -2.13. The smallest absolute Gasteiger partial charge is 0.127 e. The third-order valence-corrected chi connectivity index (χ3v) is 2.99. The maximum Gasteiger partial charge on any atom is 0.127 e. The third-order valence-electron chi connectivity index (χ3n) is 2.49. The lowest BCUT2D eigenvalue weighted by Gasteiger charge is -2.05. The normalized spacial score (nSPS) is 10.6. The van der Waals surface area contributed by atoms with Gasteiger partial charge in [0.25, 0.3) is 0 Å². The summed E-state index contributed by atoms with van der Waals surface area (Å²) >= 11 is 3.33. The van der Waals surface area contributed by atoms with Crippen LogP contribution in [0.15, 0.2) is 41.6 Å². The molecule has 0 saturated carbocycles. The van der Waals surface area contributed by atoms with Crippen molar-refractivity contribution in [1.29, 1.82) is 0 Å². The fourth-order valence-corrected chi connectivity index (χ4v) is 2.00. The third kappa shape index (κ3) is 3.27. The average Bonchev–Trinajstić information content (AvgIpc) is 2.81. The van der Waals surface area contributed by atoms with Crippen LogP contribution in [0.4, 0.5) is 4.39 Å². The summed E-state index contributed by atoms with van der Waals surface area (Å²) in [5, 5.41) is 7.24. The lowest BCUT2D eigenvalue weighted by molar-refractivity contribution is 0.587. The molecule has 0 radical (unpaired) electrons. The number of halogens is 2. The summed E-state index contributed by atoms with van der Waals surface area (Å²) in [4.78, 5) is 0. The molecule has 0 atom stereocenters. The molecule has 1 aromatic heterocycles. The van der Waals surface area contributed by atoms with Gasteiger partial charge in [0, 0.05) is 41.1 Å². The molecule has 2 aromatic rings. The van der Waals surface area contributed by atoms with Gasteiger partial charge < -0.3 is 5.32 Å². The summed E-state index contributed by atoms with van der Waals surface area (Å²) < 4.78 is 16.0. The molecule has 0 spiro atoms. The largest absolute Gasteiger partial charge is 0.308 e. The summed E-state index contributed by atoms with van der Waals surface area (Å²) in [6.45, 7) is 4.73. The molecule has 2 rings (SSSR count). The molecule has 1 aromatic carbocycles. The molecule has 0 aliphatic carbocycles. The Balaban J connectivity index is 1.91. The van der Waals surface area contributed by atoms with Gasteiger partial charge in [-0.2, -0.15) is 5.10 Å². The Labute approximate surface area is 113 Å². The van der Waals surface area contributed by atoms with Crippen LogP contribution in [-0.4, -0.2) is 9.78 Å².